The highest BCUT2D eigenvalue weighted by atomic mass is 16.7. The molecule has 64 heavy (non-hydrogen) atoms. The number of amides is 1. The molecule has 354 valence electrons. The van der Waals surface area contributed by atoms with E-state index < -0.39 is 94.8 Å². The number of likely N-dealkylation sites (N-methyl/N-ethyl adjacent to an activating group) is 1. The second-order valence-corrected chi connectivity index (χ2v) is 19.5. The van der Waals surface area contributed by atoms with Gasteiger partial charge in [-0.05, 0) is 111 Å². The van der Waals surface area contributed by atoms with E-state index >= 15 is 0 Å². The molecule has 1 aliphatic carbocycles. The summed E-state index contributed by atoms with van der Waals surface area (Å²) in [6.45, 7) is 14.0. The highest BCUT2D eigenvalue weighted by Crippen LogP contribution is 2.43. The number of aliphatic hydroxyl groups excluding tert-OH is 1. The predicted octanol–water partition coefficient (Wildman–Crippen LogP) is 5.56. The number of hydrogen-bond acceptors (Lipinski definition) is 13. The lowest BCUT2D eigenvalue weighted by atomic mass is 9.73. The van der Waals surface area contributed by atoms with E-state index in [9.17, 15) is 39.0 Å². The van der Waals surface area contributed by atoms with E-state index in [2.05, 4.69) is 0 Å². The van der Waals surface area contributed by atoms with Crippen molar-refractivity contribution in [3.05, 3.63) is 45.7 Å². The maximum atomic E-state index is 14.8. The number of carboxylic acids is 1. The summed E-state index contributed by atoms with van der Waals surface area (Å²) in [5.41, 5.74) is -2.03. The lowest BCUT2D eigenvalue weighted by molar-refractivity contribution is -0.295. The van der Waals surface area contributed by atoms with Crippen LogP contribution >= 0.6 is 0 Å². The number of carbonyl (C=O) groups excluding carboxylic acids is 4. The number of aryl methyl sites for hydroxylation is 1. The highest BCUT2D eigenvalue weighted by molar-refractivity contribution is 6.00. The molecule has 4 heterocycles. The van der Waals surface area contributed by atoms with E-state index in [0.717, 1.165) is 18.4 Å². The molecular weight excluding hydrogens is 827 g/mol. The number of ketones is 2. The molecule has 3 saturated heterocycles. The first-order valence-electron chi connectivity index (χ1n) is 23.0. The zero-order valence-electron chi connectivity index (χ0n) is 39.3. The molecule has 0 unspecified atom stereocenters. The molecule has 0 spiro atoms. The number of benzene rings is 1. The number of nitrogens with zero attached hydrogens (tertiary/aromatic N) is 3. The third-order valence-electron chi connectivity index (χ3n) is 14.5. The number of rotatable bonds is 12. The second kappa shape index (κ2) is 19.3. The lowest BCUT2D eigenvalue weighted by Gasteiger charge is -2.47. The summed E-state index contributed by atoms with van der Waals surface area (Å²) in [7, 11) is 5.19. The Balaban J connectivity index is 1.28. The Morgan fingerprint density at radius 2 is 1.67 bits per heavy atom. The molecular formula is C48H69N3O13. The van der Waals surface area contributed by atoms with E-state index in [-0.39, 0.29) is 48.9 Å². The van der Waals surface area contributed by atoms with Crippen molar-refractivity contribution in [2.75, 3.05) is 27.7 Å². The average Bonchev–Trinajstić information content (AvgIpc) is 4.06. The Morgan fingerprint density at radius 1 is 0.984 bits per heavy atom. The number of Topliss-reactive ketones (excluding diaryl/α,β-unsaturated/α-hetero) is 2. The Hall–Kier alpha value is -4.22. The minimum Gasteiger partial charge on any atom is -0.477 e. The van der Waals surface area contributed by atoms with E-state index in [4.69, 9.17) is 23.7 Å². The quantitative estimate of drug-likeness (QED) is 0.152. The molecule has 0 bridgehead atoms. The van der Waals surface area contributed by atoms with Crippen molar-refractivity contribution in [2.45, 2.75) is 167 Å². The Bertz CT molecular complexity index is 2150. The average molecular weight is 896 g/mol. The van der Waals surface area contributed by atoms with Gasteiger partial charge in [0.05, 0.1) is 29.4 Å². The van der Waals surface area contributed by atoms with Crippen LogP contribution in [0.15, 0.2) is 29.2 Å². The van der Waals surface area contributed by atoms with Crippen LogP contribution in [0.3, 0.4) is 0 Å². The van der Waals surface area contributed by atoms with E-state index in [1.54, 1.807) is 52.5 Å². The van der Waals surface area contributed by atoms with E-state index in [1.807, 2.05) is 42.6 Å². The van der Waals surface area contributed by atoms with E-state index in [1.165, 1.54) is 20.2 Å². The molecule has 16 nitrogen and oxygen atoms in total. The third kappa shape index (κ3) is 9.53. The largest absolute Gasteiger partial charge is 0.477 e. The van der Waals surface area contributed by atoms with Crippen LogP contribution in [0.4, 0.5) is 4.79 Å². The third-order valence-corrected chi connectivity index (χ3v) is 14.5. The molecule has 0 radical (unpaired) electrons. The van der Waals surface area contributed by atoms with E-state index in [0.29, 0.717) is 36.6 Å². The maximum Gasteiger partial charge on any atom is 0.410 e. The van der Waals surface area contributed by atoms with Crippen LogP contribution in [0.25, 0.3) is 10.9 Å². The smallest absolute Gasteiger partial charge is 0.410 e. The van der Waals surface area contributed by atoms with Crippen LogP contribution in [-0.2, 0) is 44.5 Å². The van der Waals surface area contributed by atoms with Gasteiger partial charge in [0, 0.05) is 55.1 Å². The number of aliphatic hydroxyl groups is 1. The van der Waals surface area contributed by atoms with Gasteiger partial charge in [-0.3, -0.25) is 19.2 Å². The Kier molecular flexibility index (Phi) is 14.9. The monoisotopic (exact) mass is 895 g/mol. The summed E-state index contributed by atoms with van der Waals surface area (Å²) >= 11 is 0. The van der Waals surface area contributed by atoms with Gasteiger partial charge in [-0.25, -0.2) is 9.59 Å². The number of unbranched alkanes of at least 4 members (excludes halogenated alkanes) is 1. The first-order chi connectivity index (χ1) is 30.1. The van der Waals surface area contributed by atoms with Crippen LogP contribution in [0.5, 0.6) is 0 Å². The molecule has 6 rings (SSSR count). The molecule has 16 heteroatoms. The molecule has 13 atom stereocenters. The Morgan fingerprint density at radius 3 is 2.28 bits per heavy atom. The molecule has 2 N–H and O–H groups in total. The normalized spacial score (nSPS) is 35.6. The number of ether oxygens (including phenoxy) is 5. The number of carbonyl (C=O) groups is 5. The summed E-state index contributed by atoms with van der Waals surface area (Å²) in [5, 5.41) is 21.6. The van der Waals surface area contributed by atoms with Gasteiger partial charge in [0.1, 0.15) is 29.5 Å². The van der Waals surface area contributed by atoms with Crippen LogP contribution < -0.4 is 5.43 Å². The van der Waals surface area contributed by atoms with Gasteiger partial charge in [0.2, 0.25) is 5.43 Å². The number of fused-ring (bicyclic) bond motifs is 2. The fraction of sp³-hybridized carbons (Fsp3) is 0.708. The summed E-state index contributed by atoms with van der Waals surface area (Å²) in [4.78, 5) is 85.9. The minimum atomic E-state index is -1.47. The predicted molar refractivity (Wildman–Crippen MR) is 236 cm³/mol. The number of pyridine rings is 1. The van der Waals surface area contributed by atoms with Gasteiger partial charge in [-0.1, -0.05) is 33.8 Å². The first kappa shape index (κ1) is 49.2. The number of carboxylic acid groups (broad SMARTS) is 1. The van der Waals surface area contributed by atoms with Crippen LogP contribution in [0.1, 0.15) is 122 Å². The standard InChI is InChI=1S/C48H69N3O13/c1-12-36-48(8)41(50(46(59)64-48)20-14-13-15-30-16-19-34-32(22-30)39(54)33(43(56)57)24-51(34)31-17-18-31)27(4)37(52)25(2)23-47(7,60-11)42(28(5)38(53)29(6)44(58)62-36)63-45-40(55)35(49(9)10)21-26(3)61-45/h16,19,22,24-29,31,35-36,40-42,45,55H,12-15,17-18,20-21,23H2,1-11H3,(H,56,57)/t25-,26-,27+,28+,29-,35+,36-,40-,41-,42-,45+,47-,48-/m1/s1. The second-order valence-electron chi connectivity index (χ2n) is 19.5. The van der Waals surface area contributed by atoms with Gasteiger partial charge in [0.15, 0.2) is 17.7 Å². The van der Waals surface area contributed by atoms with Gasteiger partial charge in [-0.15, -0.1) is 0 Å². The zero-order valence-corrected chi connectivity index (χ0v) is 39.3. The van der Waals surface area contributed by atoms with Crippen molar-refractivity contribution in [2.24, 2.45) is 23.7 Å². The van der Waals surface area contributed by atoms with Crippen LogP contribution in [0, 0.1) is 23.7 Å². The minimum absolute atomic E-state index is 0.0875. The van der Waals surface area contributed by atoms with Gasteiger partial charge < -0.3 is 48.3 Å². The highest BCUT2D eigenvalue weighted by Gasteiger charge is 2.60. The fourth-order valence-electron chi connectivity index (χ4n) is 10.7. The summed E-state index contributed by atoms with van der Waals surface area (Å²) in [6.07, 6.45) is 0.467. The summed E-state index contributed by atoms with van der Waals surface area (Å²) < 4.78 is 33.1. The molecule has 4 fully saturated rings. The molecule has 1 amide bonds. The fourth-order valence-corrected chi connectivity index (χ4v) is 10.7. The van der Waals surface area contributed by atoms with Crippen molar-refractivity contribution in [3.63, 3.8) is 0 Å². The van der Waals surface area contributed by atoms with Crippen molar-refractivity contribution < 1.29 is 57.9 Å². The summed E-state index contributed by atoms with van der Waals surface area (Å²) in [6, 6.07) is 4.54. The zero-order chi connectivity index (χ0) is 47.2. The van der Waals surface area contributed by atoms with Gasteiger partial charge >= 0.3 is 18.0 Å². The molecule has 1 saturated carbocycles. The van der Waals surface area contributed by atoms with Crippen molar-refractivity contribution in [3.8, 4) is 0 Å². The number of cyclic esters (lactones) is 1. The molecule has 2 aromatic rings. The number of esters is 1. The van der Waals surface area contributed by atoms with Crippen LogP contribution in [0.2, 0.25) is 0 Å². The van der Waals surface area contributed by atoms with Gasteiger partial charge in [-0.2, -0.15) is 0 Å². The molecule has 1 aromatic carbocycles. The SMILES string of the molecule is CC[C@H]1OC(=O)[C@H](C)C(=O)[C@H](C)[C@@H](O[C@@H]2O[C@H](C)C[C@H](N(C)C)[C@H]2O)[C@](C)(OC)C[C@@H](C)C(=O)[C@H](C)[C@H]2N(CCCCc3ccc4c(c3)c(=O)c(C(=O)O)cn4C3CC3)C(=O)O[C@]12C. The van der Waals surface area contributed by atoms with Crippen molar-refractivity contribution >= 4 is 40.5 Å². The number of hydrogen-bond donors (Lipinski definition) is 2. The van der Waals surface area contributed by atoms with Crippen molar-refractivity contribution in [1.29, 1.82) is 0 Å². The summed E-state index contributed by atoms with van der Waals surface area (Å²) in [5.74, 6) is -6.53. The van der Waals surface area contributed by atoms with Crippen molar-refractivity contribution in [1.82, 2.24) is 14.4 Å². The molecule has 3 aliphatic heterocycles. The topological polar surface area (TPSA) is 200 Å². The first-order valence-corrected chi connectivity index (χ1v) is 23.0. The number of methoxy groups -OCH3 is 1. The Labute approximate surface area is 375 Å². The molecule has 4 aliphatic rings. The maximum absolute atomic E-state index is 14.8. The molecule has 1 aromatic heterocycles. The number of aromatic nitrogens is 1. The number of aromatic carboxylic acids is 1. The van der Waals surface area contributed by atoms with Gasteiger partial charge in [0.25, 0.3) is 0 Å². The lowest BCUT2D eigenvalue weighted by Crippen LogP contribution is -2.60. The van der Waals surface area contributed by atoms with Crippen LogP contribution in [-0.4, -0.2) is 136 Å².